The average Bonchev–Trinajstić information content (AvgIpc) is 2.80. The second-order valence-corrected chi connectivity index (χ2v) is 11.1. The molecule has 0 aromatic heterocycles. The van der Waals surface area contributed by atoms with Gasteiger partial charge in [0.15, 0.2) is 0 Å². The number of rotatable bonds is 12. The van der Waals surface area contributed by atoms with Gasteiger partial charge in [0.25, 0.3) is 0 Å². The van der Waals surface area contributed by atoms with Crippen molar-refractivity contribution in [2.45, 2.75) is 52.6 Å². The summed E-state index contributed by atoms with van der Waals surface area (Å²) in [5.74, 6) is -0.807. The number of anilines is 1. The normalized spacial score (nSPS) is 12.2. The third kappa shape index (κ3) is 7.85. The number of benzene rings is 2. The van der Waals surface area contributed by atoms with E-state index in [0.29, 0.717) is 39.8 Å². The predicted octanol–water partition coefficient (Wildman–Crippen LogP) is 4.79. The highest BCUT2D eigenvalue weighted by molar-refractivity contribution is 7.92. The van der Waals surface area contributed by atoms with E-state index in [9.17, 15) is 18.0 Å². The largest absolute Gasteiger partial charge is 0.354 e. The van der Waals surface area contributed by atoms with Crippen molar-refractivity contribution in [3.05, 3.63) is 63.6 Å². The number of sulfonamides is 1. The summed E-state index contributed by atoms with van der Waals surface area (Å²) in [7, 11) is -3.84. The Bertz CT molecular complexity index is 1140. The van der Waals surface area contributed by atoms with Gasteiger partial charge < -0.3 is 10.2 Å². The standard InChI is InChI=1S/C25H33Cl2N3O4S/c1-5-7-15-28-25(32)22(6-2)29(16-19-11-8-9-12-21(19)27)24(31)17-30(35(4,33)34)23-14-10-13-20(26)18(23)3/h8-14,22H,5-7,15-17H2,1-4H3,(H,28,32)/t22-/m1/s1. The van der Waals surface area contributed by atoms with Gasteiger partial charge in [0.05, 0.1) is 11.9 Å². The number of unbranched alkanes of at least 4 members (excludes halogenated alkanes) is 1. The first-order valence-corrected chi connectivity index (χ1v) is 14.1. The van der Waals surface area contributed by atoms with E-state index in [-0.39, 0.29) is 12.5 Å². The van der Waals surface area contributed by atoms with Crippen LogP contribution < -0.4 is 9.62 Å². The number of carbonyl (C=O) groups excluding carboxylic acids is 2. The second kappa shape index (κ2) is 13.1. The summed E-state index contributed by atoms with van der Waals surface area (Å²) in [5.41, 5.74) is 1.51. The molecule has 0 saturated carbocycles. The van der Waals surface area contributed by atoms with Crippen molar-refractivity contribution >= 4 is 50.7 Å². The monoisotopic (exact) mass is 541 g/mol. The molecule has 0 aliphatic rings. The van der Waals surface area contributed by atoms with Gasteiger partial charge in [-0.25, -0.2) is 8.42 Å². The number of nitrogens with zero attached hydrogens (tertiary/aromatic N) is 2. The Morgan fingerprint density at radius 3 is 2.29 bits per heavy atom. The van der Waals surface area contributed by atoms with E-state index < -0.39 is 28.5 Å². The molecule has 1 N–H and O–H groups in total. The smallest absolute Gasteiger partial charge is 0.244 e. The maximum absolute atomic E-state index is 13.7. The minimum atomic E-state index is -3.84. The highest BCUT2D eigenvalue weighted by atomic mass is 35.5. The quantitative estimate of drug-likeness (QED) is 0.391. The molecule has 0 heterocycles. The van der Waals surface area contributed by atoms with Crippen LogP contribution in [0, 0.1) is 6.92 Å². The van der Waals surface area contributed by atoms with E-state index in [1.165, 1.54) is 4.90 Å². The van der Waals surface area contributed by atoms with Crippen LogP contribution in [0.2, 0.25) is 10.0 Å². The summed E-state index contributed by atoms with van der Waals surface area (Å²) in [6.07, 6.45) is 3.12. The van der Waals surface area contributed by atoms with Gasteiger partial charge in [0.2, 0.25) is 21.8 Å². The molecule has 0 saturated heterocycles. The molecule has 7 nitrogen and oxygen atoms in total. The van der Waals surface area contributed by atoms with Crippen molar-refractivity contribution < 1.29 is 18.0 Å². The van der Waals surface area contributed by atoms with Crippen LogP contribution in [0.5, 0.6) is 0 Å². The van der Waals surface area contributed by atoms with E-state index in [1.54, 1.807) is 49.4 Å². The molecule has 2 rings (SSSR count). The minimum absolute atomic E-state index is 0.0599. The molecule has 0 spiro atoms. The molecule has 1 atom stereocenters. The van der Waals surface area contributed by atoms with Crippen molar-refractivity contribution in [3.8, 4) is 0 Å². The minimum Gasteiger partial charge on any atom is -0.354 e. The van der Waals surface area contributed by atoms with E-state index in [4.69, 9.17) is 23.2 Å². The molecule has 0 radical (unpaired) electrons. The lowest BCUT2D eigenvalue weighted by atomic mass is 10.1. The SMILES string of the molecule is CCCCNC(=O)[C@@H](CC)N(Cc1ccccc1Cl)C(=O)CN(c1cccc(Cl)c1C)S(C)(=O)=O. The van der Waals surface area contributed by atoms with Crippen LogP contribution in [-0.2, 0) is 26.2 Å². The molecule has 0 fully saturated rings. The fraction of sp³-hybridized carbons (Fsp3) is 0.440. The Morgan fingerprint density at radius 2 is 1.69 bits per heavy atom. The summed E-state index contributed by atoms with van der Waals surface area (Å²) in [4.78, 5) is 28.1. The number of hydrogen-bond donors (Lipinski definition) is 1. The number of hydrogen-bond acceptors (Lipinski definition) is 4. The van der Waals surface area contributed by atoms with Crippen LogP contribution in [-0.4, -0.2) is 50.5 Å². The molecule has 10 heteroatoms. The summed E-state index contributed by atoms with van der Waals surface area (Å²) in [6.45, 7) is 5.60. The zero-order chi connectivity index (χ0) is 26.2. The average molecular weight is 543 g/mol. The zero-order valence-corrected chi connectivity index (χ0v) is 22.9. The Hall–Kier alpha value is -2.29. The van der Waals surface area contributed by atoms with Gasteiger partial charge in [-0.15, -0.1) is 0 Å². The Kier molecular flexibility index (Phi) is 10.9. The van der Waals surface area contributed by atoms with Gasteiger partial charge in [-0.3, -0.25) is 13.9 Å². The summed E-state index contributed by atoms with van der Waals surface area (Å²) in [5, 5.41) is 3.73. The molecule has 35 heavy (non-hydrogen) atoms. The Balaban J connectivity index is 2.46. The lowest BCUT2D eigenvalue weighted by molar-refractivity contribution is -0.140. The highest BCUT2D eigenvalue weighted by Crippen LogP contribution is 2.29. The van der Waals surface area contributed by atoms with Gasteiger partial charge in [0.1, 0.15) is 12.6 Å². The number of amides is 2. The van der Waals surface area contributed by atoms with Crippen molar-refractivity contribution in [3.63, 3.8) is 0 Å². The summed E-state index contributed by atoms with van der Waals surface area (Å²) in [6, 6.07) is 11.1. The van der Waals surface area contributed by atoms with Crippen molar-refractivity contribution in [2.24, 2.45) is 0 Å². The van der Waals surface area contributed by atoms with E-state index in [0.717, 1.165) is 23.4 Å². The summed E-state index contributed by atoms with van der Waals surface area (Å²) >= 11 is 12.6. The van der Waals surface area contributed by atoms with Crippen LogP contribution in [0.4, 0.5) is 5.69 Å². The highest BCUT2D eigenvalue weighted by Gasteiger charge is 2.32. The molecule has 2 amide bonds. The number of nitrogens with one attached hydrogen (secondary N) is 1. The van der Waals surface area contributed by atoms with Gasteiger partial charge in [-0.2, -0.15) is 0 Å². The van der Waals surface area contributed by atoms with Gasteiger partial charge in [-0.1, -0.05) is 67.7 Å². The van der Waals surface area contributed by atoms with Gasteiger partial charge in [-0.05, 0) is 49.1 Å². The lowest BCUT2D eigenvalue weighted by Crippen LogP contribution is -2.52. The molecule has 0 unspecified atom stereocenters. The first-order valence-electron chi connectivity index (χ1n) is 11.5. The molecule has 2 aromatic rings. The van der Waals surface area contributed by atoms with Crippen LogP contribution in [0.15, 0.2) is 42.5 Å². The molecule has 192 valence electrons. The summed E-state index contributed by atoms with van der Waals surface area (Å²) < 4.78 is 26.5. The third-order valence-corrected chi connectivity index (χ3v) is 7.61. The van der Waals surface area contributed by atoms with Crippen molar-refractivity contribution in [1.29, 1.82) is 0 Å². The Morgan fingerprint density at radius 1 is 1.03 bits per heavy atom. The van der Waals surface area contributed by atoms with Crippen LogP contribution >= 0.6 is 23.2 Å². The molecule has 2 aromatic carbocycles. The fourth-order valence-corrected chi connectivity index (χ4v) is 4.96. The van der Waals surface area contributed by atoms with E-state index >= 15 is 0 Å². The third-order valence-electron chi connectivity index (χ3n) is 5.70. The van der Waals surface area contributed by atoms with Crippen LogP contribution in [0.1, 0.15) is 44.2 Å². The molecular formula is C25H33Cl2N3O4S. The zero-order valence-electron chi connectivity index (χ0n) is 20.6. The van der Waals surface area contributed by atoms with E-state index in [1.807, 2.05) is 13.8 Å². The topological polar surface area (TPSA) is 86.8 Å². The number of halogens is 2. The first-order chi connectivity index (χ1) is 16.5. The molecule has 0 bridgehead atoms. The van der Waals surface area contributed by atoms with Crippen LogP contribution in [0.25, 0.3) is 0 Å². The van der Waals surface area contributed by atoms with Crippen molar-refractivity contribution in [2.75, 3.05) is 23.7 Å². The maximum Gasteiger partial charge on any atom is 0.244 e. The van der Waals surface area contributed by atoms with Gasteiger partial charge >= 0.3 is 0 Å². The predicted molar refractivity (Wildman–Crippen MR) is 142 cm³/mol. The first kappa shape index (κ1) is 28.9. The molecule has 0 aliphatic carbocycles. The maximum atomic E-state index is 13.7. The lowest BCUT2D eigenvalue weighted by Gasteiger charge is -2.33. The van der Waals surface area contributed by atoms with Crippen LogP contribution in [0.3, 0.4) is 0 Å². The Labute approximate surface area is 218 Å². The number of carbonyl (C=O) groups is 2. The fourth-order valence-electron chi connectivity index (χ4n) is 3.70. The van der Waals surface area contributed by atoms with Crippen molar-refractivity contribution in [1.82, 2.24) is 10.2 Å². The van der Waals surface area contributed by atoms with E-state index in [2.05, 4.69) is 5.32 Å². The van der Waals surface area contributed by atoms with Gasteiger partial charge in [0, 0.05) is 23.1 Å². The molecule has 0 aliphatic heterocycles. The molecular weight excluding hydrogens is 509 g/mol. The second-order valence-electron chi connectivity index (χ2n) is 8.34.